The number of halogens is 1. The fraction of sp³-hybridized carbons (Fsp3) is 0.417. The zero-order valence-electron chi connectivity index (χ0n) is 8.32. The number of carboxylic acid groups (broad SMARTS) is 1. The lowest BCUT2D eigenvalue weighted by molar-refractivity contribution is -0.141. The summed E-state index contributed by atoms with van der Waals surface area (Å²) in [6.45, 7) is 0. The predicted molar refractivity (Wildman–Crippen MR) is 61.9 cm³/mol. The summed E-state index contributed by atoms with van der Waals surface area (Å²) in [4.78, 5) is 10.9. The number of aliphatic carboxylic acids is 1. The van der Waals surface area contributed by atoms with Crippen LogP contribution < -0.4 is 0 Å². The molecule has 1 N–H and O–H groups in total. The van der Waals surface area contributed by atoms with Crippen LogP contribution >= 0.6 is 15.9 Å². The van der Waals surface area contributed by atoms with Crippen LogP contribution in [0.15, 0.2) is 28.7 Å². The summed E-state index contributed by atoms with van der Waals surface area (Å²) in [5.74, 6) is -0.395. The Morgan fingerprint density at radius 3 is 2.67 bits per heavy atom. The van der Waals surface area contributed by atoms with Crippen LogP contribution in [0.4, 0.5) is 0 Å². The zero-order chi connectivity index (χ0) is 10.8. The van der Waals surface area contributed by atoms with Crippen molar-refractivity contribution in [2.75, 3.05) is 0 Å². The van der Waals surface area contributed by atoms with Crippen molar-refractivity contribution in [1.29, 1.82) is 0 Å². The molecule has 0 aromatic heterocycles. The van der Waals surface area contributed by atoms with E-state index in [0.717, 1.165) is 23.7 Å². The van der Waals surface area contributed by atoms with E-state index in [4.69, 9.17) is 5.11 Å². The maximum atomic E-state index is 10.9. The second kappa shape index (κ2) is 4.35. The van der Waals surface area contributed by atoms with Crippen molar-refractivity contribution in [3.63, 3.8) is 0 Å². The molecule has 1 aromatic carbocycles. The lowest BCUT2D eigenvalue weighted by Crippen LogP contribution is -2.09. The lowest BCUT2D eigenvalue weighted by atomic mass is 9.96. The molecule has 0 heterocycles. The van der Waals surface area contributed by atoms with Gasteiger partial charge in [-0.3, -0.25) is 4.79 Å². The van der Waals surface area contributed by atoms with Gasteiger partial charge >= 0.3 is 5.97 Å². The van der Waals surface area contributed by atoms with E-state index < -0.39 is 5.97 Å². The third kappa shape index (κ3) is 2.23. The Morgan fingerprint density at radius 1 is 1.33 bits per heavy atom. The number of carbonyl (C=O) groups is 1. The minimum atomic E-state index is -0.649. The van der Waals surface area contributed by atoms with Gasteiger partial charge in [0, 0.05) is 4.47 Å². The third-order valence-electron chi connectivity index (χ3n) is 3.13. The molecule has 2 atom stereocenters. The molecular formula is C12H13BrO2. The number of hydrogen-bond donors (Lipinski definition) is 1. The molecule has 0 spiro atoms. The van der Waals surface area contributed by atoms with Gasteiger partial charge in [0.05, 0.1) is 5.92 Å². The van der Waals surface area contributed by atoms with E-state index >= 15 is 0 Å². The Morgan fingerprint density at radius 2 is 2.07 bits per heavy atom. The quantitative estimate of drug-likeness (QED) is 0.893. The molecule has 1 aliphatic carbocycles. The van der Waals surface area contributed by atoms with Crippen LogP contribution in [0.3, 0.4) is 0 Å². The van der Waals surface area contributed by atoms with Crippen LogP contribution in [0.1, 0.15) is 30.7 Å². The van der Waals surface area contributed by atoms with Crippen molar-refractivity contribution >= 4 is 21.9 Å². The fourth-order valence-electron chi connectivity index (χ4n) is 2.29. The number of rotatable bonds is 2. The van der Waals surface area contributed by atoms with Gasteiger partial charge in [-0.25, -0.2) is 0 Å². The Bertz CT molecular complexity index is 376. The standard InChI is InChI=1S/C12H13BrO2/c13-11-4-2-1-3-10(11)8-5-6-9(7-8)12(14)15/h1-4,8-9H,5-7H2,(H,14,15). The molecule has 0 radical (unpaired) electrons. The normalized spacial score (nSPS) is 25.4. The molecule has 2 nitrogen and oxygen atoms in total. The van der Waals surface area contributed by atoms with Gasteiger partial charge in [0.2, 0.25) is 0 Å². The average Bonchev–Trinajstić information content (AvgIpc) is 2.67. The molecule has 15 heavy (non-hydrogen) atoms. The van der Waals surface area contributed by atoms with E-state index in [1.165, 1.54) is 5.56 Å². The van der Waals surface area contributed by atoms with Gasteiger partial charge in [0.25, 0.3) is 0 Å². The molecule has 1 aliphatic rings. The maximum Gasteiger partial charge on any atom is 0.306 e. The molecular weight excluding hydrogens is 256 g/mol. The summed E-state index contributed by atoms with van der Waals surface area (Å²) in [6, 6.07) is 8.09. The average molecular weight is 269 g/mol. The van der Waals surface area contributed by atoms with Gasteiger partial charge in [-0.05, 0) is 36.8 Å². The molecule has 3 heteroatoms. The van der Waals surface area contributed by atoms with E-state index in [1.807, 2.05) is 18.2 Å². The monoisotopic (exact) mass is 268 g/mol. The van der Waals surface area contributed by atoms with Gasteiger partial charge in [-0.1, -0.05) is 34.1 Å². The van der Waals surface area contributed by atoms with Crippen molar-refractivity contribution in [2.45, 2.75) is 25.2 Å². The molecule has 0 amide bonds. The summed E-state index contributed by atoms with van der Waals surface area (Å²) in [5.41, 5.74) is 1.25. The number of benzene rings is 1. The molecule has 0 bridgehead atoms. The third-order valence-corrected chi connectivity index (χ3v) is 3.85. The predicted octanol–water partition coefficient (Wildman–Crippen LogP) is 3.42. The minimum absolute atomic E-state index is 0.151. The SMILES string of the molecule is O=C(O)C1CCC(c2ccccc2Br)C1. The molecule has 1 fully saturated rings. The fourth-order valence-corrected chi connectivity index (χ4v) is 2.90. The Hall–Kier alpha value is -0.830. The molecule has 0 saturated heterocycles. The topological polar surface area (TPSA) is 37.3 Å². The highest BCUT2D eigenvalue weighted by Gasteiger charge is 2.31. The van der Waals surface area contributed by atoms with Crippen molar-refractivity contribution in [1.82, 2.24) is 0 Å². The van der Waals surface area contributed by atoms with Gasteiger partial charge in [-0.2, -0.15) is 0 Å². The van der Waals surface area contributed by atoms with E-state index in [0.29, 0.717) is 5.92 Å². The summed E-state index contributed by atoms with van der Waals surface area (Å²) >= 11 is 3.52. The van der Waals surface area contributed by atoms with Gasteiger partial charge in [-0.15, -0.1) is 0 Å². The maximum absolute atomic E-state index is 10.9. The van der Waals surface area contributed by atoms with Crippen molar-refractivity contribution < 1.29 is 9.90 Å². The highest BCUT2D eigenvalue weighted by molar-refractivity contribution is 9.10. The van der Waals surface area contributed by atoms with Crippen molar-refractivity contribution in [2.24, 2.45) is 5.92 Å². The van der Waals surface area contributed by atoms with Crippen molar-refractivity contribution in [3.05, 3.63) is 34.3 Å². The number of hydrogen-bond acceptors (Lipinski definition) is 1. The van der Waals surface area contributed by atoms with Gasteiger partial charge < -0.3 is 5.11 Å². The first-order chi connectivity index (χ1) is 7.18. The van der Waals surface area contributed by atoms with E-state index in [-0.39, 0.29) is 5.92 Å². The summed E-state index contributed by atoms with van der Waals surface area (Å²) in [5, 5.41) is 8.94. The molecule has 2 unspecified atom stereocenters. The van der Waals surface area contributed by atoms with Gasteiger partial charge in [0.15, 0.2) is 0 Å². The van der Waals surface area contributed by atoms with Gasteiger partial charge in [0.1, 0.15) is 0 Å². The summed E-state index contributed by atoms with van der Waals surface area (Å²) in [6.07, 6.45) is 2.57. The Kier molecular flexibility index (Phi) is 3.10. The summed E-state index contributed by atoms with van der Waals surface area (Å²) < 4.78 is 1.10. The second-order valence-electron chi connectivity index (χ2n) is 4.07. The first-order valence-corrected chi connectivity index (χ1v) is 5.95. The largest absolute Gasteiger partial charge is 0.481 e. The minimum Gasteiger partial charge on any atom is -0.481 e. The Labute approximate surface area is 97.4 Å². The zero-order valence-corrected chi connectivity index (χ0v) is 9.90. The Balaban J connectivity index is 2.14. The van der Waals surface area contributed by atoms with Crippen LogP contribution in [0, 0.1) is 5.92 Å². The van der Waals surface area contributed by atoms with Crippen LogP contribution in [0.25, 0.3) is 0 Å². The smallest absolute Gasteiger partial charge is 0.306 e. The van der Waals surface area contributed by atoms with Crippen LogP contribution in [0.2, 0.25) is 0 Å². The molecule has 1 aromatic rings. The van der Waals surface area contributed by atoms with Crippen molar-refractivity contribution in [3.8, 4) is 0 Å². The van der Waals surface area contributed by atoms with E-state index in [2.05, 4.69) is 22.0 Å². The van der Waals surface area contributed by atoms with E-state index in [1.54, 1.807) is 0 Å². The highest BCUT2D eigenvalue weighted by atomic mass is 79.9. The molecule has 0 aliphatic heterocycles. The van der Waals surface area contributed by atoms with Crippen LogP contribution in [0.5, 0.6) is 0 Å². The highest BCUT2D eigenvalue weighted by Crippen LogP contribution is 2.40. The molecule has 1 saturated carbocycles. The second-order valence-corrected chi connectivity index (χ2v) is 4.92. The molecule has 2 rings (SSSR count). The lowest BCUT2D eigenvalue weighted by Gasteiger charge is -2.11. The molecule has 80 valence electrons. The first kappa shape index (κ1) is 10.7. The van der Waals surface area contributed by atoms with E-state index in [9.17, 15) is 4.79 Å². The summed E-state index contributed by atoms with van der Waals surface area (Å²) in [7, 11) is 0. The number of carboxylic acids is 1. The first-order valence-electron chi connectivity index (χ1n) is 5.15. The van der Waals surface area contributed by atoms with Crippen LogP contribution in [-0.4, -0.2) is 11.1 Å². The van der Waals surface area contributed by atoms with Crippen LogP contribution in [-0.2, 0) is 4.79 Å².